The number of benzene rings is 1. The van der Waals surface area contributed by atoms with E-state index in [2.05, 4.69) is 21.2 Å². The molecule has 0 aliphatic carbocycles. The first-order chi connectivity index (χ1) is 9.49. The number of nitrogens with one attached hydrogen (secondary N) is 1. The molecular formula is C14H13BrFNO2S. The van der Waals surface area contributed by atoms with E-state index in [1.54, 1.807) is 13.0 Å². The molecule has 1 aromatic heterocycles. The number of hydrogen-bond acceptors (Lipinski definition) is 4. The highest BCUT2D eigenvalue weighted by atomic mass is 79.9. The Balaban J connectivity index is 2.30. The number of esters is 1. The van der Waals surface area contributed by atoms with Crippen LogP contribution in [0.3, 0.4) is 0 Å². The van der Waals surface area contributed by atoms with Gasteiger partial charge in [0.25, 0.3) is 0 Å². The molecule has 0 bridgehead atoms. The van der Waals surface area contributed by atoms with Crippen molar-refractivity contribution in [1.29, 1.82) is 0 Å². The molecule has 2 aromatic rings. The van der Waals surface area contributed by atoms with Gasteiger partial charge in [-0.05, 0) is 58.7 Å². The highest BCUT2D eigenvalue weighted by molar-refractivity contribution is 9.11. The van der Waals surface area contributed by atoms with Crippen molar-refractivity contribution in [2.75, 3.05) is 12.4 Å². The molecule has 3 nitrogen and oxygen atoms in total. The zero-order valence-corrected chi connectivity index (χ0v) is 13.3. The van der Waals surface area contributed by atoms with Gasteiger partial charge in [-0.1, -0.05) is 0 Å². The van der Waals surface area contributed by atoms with Gasteiger partial charge in [-0.25, -0.2) is 9.18 Å². The summed E-state index contributed by atoms with van der Waals surface area (Å²) >= 11 is 4.79. The van der Waals surface area contributed by atoms with Gasteiger partial charge in [-0.3, -0.25) is 0 Å². The predicted octanol–water partition coefficient (Wildman–Crippen LogP) is 4.28. The third kappa shape index (κ3) is 3.58. The fourth-order valence-electron chi connectivity index (χ4n) is 1.83. The van der Waals surface area contributed by atoms with Crippen molar-refractivity contribution in [1.82, 2.24) is 0 Å². The lowest BCUT2D eigenvalue weighted by atomic mass is 10.2. The van der Waals surface area contributed by atoms with E-state index >= 15 is 0 Å². The van der Waals surface area contributed by atoms with E-state index < -0.39 is 12.0 Å². The van der Waals surface area contributed by atoms with Gasteiger partial charge in [0, 0.05) is 10.6 Å². The van der Waals surface area contributed by atoms with Crippen LogP contribution in [0, 0.1) is 12.7 Å². The van der Waals surface area contributed by atoms with Crippen LogP contribution in [-0.4, -0.2) is 13.1 Å². The molecule has 0 aliphatic rings. The largest absolute Gasteiger partial charge is 0.467 e. The predicted molar refractivity (Wildman–Crippen MR) is 81.5 cm³/mol. The van der Waals surface area contributed by atoms with Crippen LogP contribution in [0.15, 0.2) is 34.1 Å². The van der Waals surface area contributed by atoms with Gasteiger partial charge < -0.3 is 10.1 Å². The highest BCUT2D eigenvalue weighted by Crippen LogP contribution is 2.30. The number of halogens is 2. The van der Waals surface area contributed by atoms with E-state index in [-0.39, 0.29) is 5.82 Å². The summed E-state index contributed by atoms with van der Waals surface area (Å²) in [6.45, 7) is 1.79. The Kier molecular flexibility index (Phi) is 4.77. The number of thiophene rings is 1. The Hall–Kier alpha value is -1.40. The molecule has 1 unspecified atom stereocenters. The van der Waals surface area contributed by atoms with E-state index in [0.29, 0.717) is 5.69 Å². The highest BCUT2D eigenvalue weighted by Gasteiger charge is 2.23. The number of methoxy groups -OCH3 is 1. The summed E-state index contributed by atoms with van der Waals surface area (Å²) in [6, 6.07) is 7.59. The number of hydrogen-bond donors (Lipinski definition) is 1. The Morgan fingerprint density at radius 3 is 2.70 bits per heavy atom. The lowest BCUT2D eigenvalue weighted by molar-refractivity contribution is -0.141. The monoisotopic (exact) mass is 357 g/mol. The molecule has 1 aromatic carbocycles. The maximum Gasteiger partial charge on any atom is 0.333 e. The standard InChI is InChI=1S/C14H13BrFNO2S/c1-8-5-9(16)7-10(6-8)17-13(14(18)19-2)11-3-4-12(15)20-11/h3-7,13,17H,1-2H3. The van der Waals surface area contributed by atoms with Crippen molar-refractivity contribution in [3.8, 4) is 0 Å². The van der Waals surface area contributed by atoms with Crippen molar-refractivity contribution in [3.63, 3.8) is 0 Å². The minimum absolute atomic E-state index is 0.344. The summed E-state index contributed by atoms with van der Waals surface area (Å²) in [6.07, 6.45) is 0. The Morgan fingerprint density at radius 2 is 2.15 bits per heavy atom. The summed E-state index contributed by atoms with van der Waals surface area (Å²) in [4.78, 5) is 12.7. The molecule has 0 aliphatic heterocycles. The Labute approximate surface area is 128 Å². The second kappa shape index (κ2) is 6.37. The number of rotatable bonds is 4. The second-order valence-electron chi connectivity index (χ2n) is 4.26. The van der Waals surface area contributed by atoms with Gasteiger partial charge in [0.1, 0.15) is 5.82 Å². The van der Waals surface area contributed by atoms with Gasteiger partial charge >= 0.3 is 5.97 Å². The number of carbonyl (C=O) groups is 1. The minimum atomic E-state index is -0.655. The fraction of sp³-hybridized carbons (Fsp3) is 0.214. The quantitative estimate of drug-likeness (QED) is 0.829. The number of anilines is 1. The molecule has 0 saturated carbocycles. The molecule has 0 amide bonds. The first-order valence-electron chi connectivity index (χ1n) is 5.86. The van der Waals surface area contributed by atoms with Crippen LogP contribution in [0.25, 0.3) is 0 Å². The summed E-state index contributed by atoms with van der Waals surface area (Å²) in [7, 11) is 1.33. The van der Waals surface area contributed by atoms with Gasteiger partial charge in [0.2, 0.25) is 0 Å². The van der Waals surface area contributed by atoms with E-state index in [1.807, 2.05) is 12.1 Å². The SMILES string of the molecule is COC(=O)C(Nc1cc(C)cc(F)c1)c1ccc(Br)s1. The summed E-state index contributed by atoms with van der Waals surface area (Å²) in [5.74, 6) is -0.759. The molecule has 2 rings (SSSR count). The summed E-state index contributed by atoms with van der Waals surface area (Å²) in [5, 5.41) is 3.02. The van der Waals surface area contributed by atoms with Crippen LogP contribution in [0.5, 0.6) is 0 Å². The number of carbonyl (C=O) groups excluding carboxylic acids is 1. The van der Waals surface area contributed by atoms with Gasteiger partial charge in [0.05, 0.1) is 10.9 Å². The molecule has 106 valence electrons. The zero-order chi connectivity index (χ0) is 14.7. The van der Waals surface area contributed by atoms with E-state index in [4.69, 9.17) is 4.74 Å². The third-order valence-electron chi connectivity index (χ3n) is 2.67. The minimum Gasteiger partial charge on any atom is -0.467 e. The van der Waals surface area contributed by atoms with Gasteiger partial charge in [-0.15, -0.1) is 11.3 Å². The smallest absolute Gasteiger partial charge is 0.333 e. The van der Waals surface area contributed by atoms with Crippen LogP contribution in [0.2, 0.25) is 0 Å². The molecule has 1 N–H and O–H groups in total. The zero-order valence-electron chi connectivity index (χ0n) is 10.9. The van der Waals surface area contributed by atoms with Gasteiger partial charge in [-0.2, -0.15) is 0 Å². The van der Waals surface area contributed by atoms with Crippen molar-refractivity contribution in [3.05, 3.63) is 50.4 Å². The number of aryl methyl sites for hydroxylation is 1. The van der Waals surface area contributed by atoms with Crippen LogP contribution < -0.4 is 5.32 Å². The van der Waals surface area contributed by atoms with Crippen molar-refractivity contribution in [2.24, 2.45) is 0 Å². The molecule has 0 radical (unpaired) electrons. The second-order valence-corrected chi connectivity index (χ2v) is 6.75. The average Bonchev–Trinajstić information content (AvgIpc) is 2.80. The van der Waals surface area contributed by atoms with Crippen molar-refractivity contribution >= 4 is 38.9 Å². The summed E-state index contributed by atoms with van der Waals surface area (Å²) < 4.78 is 19.1. The van der Waals surface area contributed by atoms with Crippen LogP contribution >= 0.6 is 27.3 Å². The molecule has 0 spiro atoms. The van der Waals surface area contributed by atoms with E-state index in [1.165, 1.54) is 30.6 Å². The number of ether oxygens (including phenoxy) is 1. The maximum absolute atomic E-state index is 13.4. The molecule has 20 heavy (non-hydrogen) atoms. The van der Waals surface area contributed by atoms with Crippen LogP contribution in [0.1, 0.15) is 16.5 Å². The fourth-order valence-corrected chi connectivity index (χ4v) is 3.30. The molecule has 1 heterocycles. The molecule has 0 saturated heterocycles. The third-order valence-corrected chi connectivity index (χ3v) is 4.36. The van der Waals surface area contributed by atoms with E-state index in [0.717, 1.165) is 14.2 Å². The van der Waals surface area contributed by atoms with Crippen molar-refractivity contribution < 1.29 is 13.9 Å². The first kappa shape index (κ1) is 15.0. The Morgan fingerprint density at radius 1 is 1.40 bits per heavy atom. The lowest BCUT2D eigenvalue weighted by Gasteiger charge is -2.16. The van der Waals surface area contributed by atoms with Crippen LogP contribution in [-0.2, 0) is 9.53 Å². The molecular weight excluding hydrogens is 345 g/mol. The van der Waals surface area contributed by atoms with Crippen LogP contribution in [0.4, 0.5) is 10.1 Å². The normalized spacial score (nSPS) is 12.0. The Bertz CT molecular complexity index is 609. The molecule has 6 heteroatoms. The molecule has 0 fully saturated rings. The first-order valence-corrected chi connectivity index (χ1v) is 7.47. The topological polar surface area (TPSA) is 38.3 Å². The maximum atomic E-state index is 13.4. The average molecular weight is 358 g/mol. The van der Waals surface area contributed by atoms with E-state index in [9.17, 15) is 9.18 Å². The lowest BCUT2D eigenvalue weighted by Crippen LogP contribution is -2.21. The van der Waals surface area contributed by atoms with Crippen molar-refractivity contribution in [2.45, 2.75) is 13.0 Å². The molecule has 1 atom stereocenters. The summed E-state index contributed by atoms with van der Waals surface area (Å²) in [5.41, 5.74) is 1.32. The van der Waals surface area contributed by atoms with Gasteiger partial charge in [0.15, 0.2) is 6.04 Å².